The Morgan fingerprint density at radius 1 is 1.00 bits per heavy atom. The molecule has 2 N–H and O–H groups in total. The van der Waals surface area contributed by atoms with Crippen molar-refractivity contribution in [3.8, 4) is 0 Å². The monoisotopic (exact) mass is 956 g/mol. The fraction of sp³-hybridized carbons (Fsp3) is 0.625. The van der Waals surface area contributed by atoms with Crippen LogP contribution in [0.4, 0.5) is 0 Å². The van der Waals surface area contributed by atoms with E-state index in [0.717, 1.165) is 54.6 Å². The minimum absolute atomic E-state index is 0.0250. The highest BCUT2D eigenvalue weighted by atomic mass is 35.6. The van der Waals surface area contributed by atoms with Crippen LogP contribution in [0, 0.1) is 29.1 Å². The lowest BCUT2D eigenvalue weighted by Crippen LogP contribution is -2.77. The molecule has 65 heavy (non-hydrogen) atoms. The molecule has 1 aromatic heterocycles. The Balaban J connectivity index is 1.29. The van der Waals surface area contributed by atoms with Gasteiger partial charge in [-0.2, -0.15) is 0 Å². The zero-order chi connectivity index (χ0) is 46.5. The van der Waals surface area contributed by atoms with Crippen LogP contribution in [0.3, 0.4) is 0 Å². The second-order valence-corrected chi connectivity index (χ2v) is 21.7. The first-order valence-corrected chi connectivity index (χ1v) is 23.9. The fourth-order valence-electron chi connectivity index (χ4n) is 13.9. The number of methoxy groups -OCH3 is 3. The summed E-state index contributed by atoms with van der Waals surface area (Å²) in [6.45, 7) is 8.52. The molecule has 1 spiro atoms. The number of likely N-dealkylation sites (N-methyl/N-ethyl adjacent to an activating group) is 1. The maximum absolute atomic E-state index is 15.4. The van der Waals surface area contributed by atoms with Crippen LogP contribution in [0.25, 0.3) is 10.9 Å². The highest BCUT2D eigenvalue weighted by molar-refractivity contribution is 6.67. The van der Waals surface area contributed by atoms with Crippen molar-refractivity contribution in [1.82, 2.24) is 19.7 Å². The van der Waals surface area contributed by atoms with Gasteiger partial charge in [-0.3, -0.25) is 19.4 Å². The van der Waals surface area contributed by atoms with Crippen molar-refractivity contribution in [1.29, 1.82) is 0 Å². The first-order valence-electron chi connectivity index (χ1n) is 22.7. The van der Waals surface area contributed by atoms with Gasteiger partial charge >= 0.3 is 23.9 Å². The number of aromatic amines is 1. The molecule has 4 fully saturated rings. The maximum Gasteiger partial charge on any atom is 0.344 e. The lowest BCUT2D eigenvalue weighted by Gasteiger charge is -2.61. The molecule has 12 atom stereocenters. The van der Waals surface area contributed by atoms with E-state index in [9.17, 15) is 19.5 Å². The zero-order valence-electron chi connectivity index (χ0n) is 38.0. The summed E-state index contributed by atoms with van der Waals surface area (Å²) in [6.07, 6.45) is 8.02. The molecule has 5 aliphatic heterocycles. The van der Waals surface area contributed by atoms with Crippen molar-refractivity contribution in [3.05, 3.63) is 70.1 Å². The second kappa shape index (κ2) is 16.9. The van der Waals surface area contributed by atoms with Gasteiger partial charge in [0.2, 0.25) is 9.39 Å². The summed E-state index contributed by atoms with van der Waals surface area (Å²) in [4.78, 5) is 66.8. The summed E-state index contributed by atoms with van der Waals surface area (Å²) in [5, 5.41) is 14.1. The van der Waals surface area contributed by atoms with E-state index < -0.39 is 80.8 Å². The van der Waals surface area contributed by atoms with Gasteiger partial charge in [0, 0.05) is 86.3 Å². The van der Waals surface area contributed by atoms with E-state index in [2.05, 4.69) is 40.8 Å². The number of carbonyl (C=O) groups excluding carboxylic acids is 4. The Bertz CT molecular complexity index is 2400. The zero-order valence-corrected chi connectivity index (χ0v) is 40.2. The van der Waals surface area contributed by atoms with Gasteiger partial charge in [0.1, 0.15) is 18.1 Å². The molecule has 2 aliphatic carbocycles. The molecule has 0 amide bonds. The van der Waals surface area contributed by atoms with Crippen LogP contribution in [0.15, 0.2) is 53.3 Å². The maximum atomic E-state index is 15.4. The average Bonchev–Trinajstić information content (AvgIpc) is 3.93. The van der Waals surface area contributed by atoms with Gasteiger partial charge in [0.05, 0.1) is 31.9 Å². The topological polar surface area (TPSA) is 160 Å². The Labute approximate surface area is 394 Å². The molecule has 2 bridgehead atoms. The van der Waals surface area contributed by atoms with E-state index in [1.807, 2.05) is 24.1 Å². The van der Waals surface area contributed by atoms with Gasteiger partial charge in [-0.15, -0.1) is 0 Å². The predicted molar refractivity (Wildman–Crippen MR) is 243 cm³/mol. The third-order valence-electron chi connectivity index (χ3n) is 16.2. The van der Waals surface area contributed by atoms with Gasteiger partial charge in [-0.05, 0) is 86.0 Å². The molecule has 0 radical (unpaired) electrons. The second-order valence-electron chi connectivity index (χ2n) is 19.2. The van der Waals surface area contributed by atoms with Crippen molar-refractivity contribution in [2.45, 2.75) is 98.5 Å². The van der Waals surface area contributed by atoms with Crippen molar-refractivity contribution in [3.63, 3.8) is 0 Å². The number of carbonyl (C=O) groups is 4. The highest BCUT2D eigenvalue weighted by Gasteiger charge is 2.79. The van der Waals surface area contributed by atoms with Crippen LogP contribution in [0.2, 0.25) is 0 Å². The van der Waals surface area contributed by atoms with E-state index in [1.165, 1.54) is 26.7 Å². The van der Waals surface area contributed by atoms with E-state index in [1.54, 1.807) is 19.2 Å². The molecule has 2 aromatic rings. The molecule has 14 nitrogen and oxygen atoms in total. The number of hydrogen-bond acceptors (Lipinski definition) is 13. The van der Waals surface area contributed by atoms with E-state index in [-0.39, 0.29) is 23.4 Å². The van der Waals surface area contributed by atoms with Gasteiger partial charge in [-0.1, -0.05) is 72.8 Å². The normalized spacial score (nSPS) is 36.1. The number of esters is 4. The Kier molecular flexibility index (Phi) is 12.1. The number of likely N-dealkylation sites (tertiary alicyclic amines) is 1. The summed E-state index contributed by atoms with van der Waals surface area (Å²) in [7, 11) is 6.18. The van der Waals surface area contributed by atoms with Crippen LogP contribution in [0.5, 0.6) is 0 Å². The van der Waals surface area contributed by atoms with E-state index in [4.69, 9.17) is 58.5 Å². The minimum atomic E-state index is -2.26. The fourth-order valence-corrected chi connectivity index (χ4v) is 14.1. The summed E-state index contributed by atoms with van der Waals surface area (Å²) in [5.74, 6) is -3.67. The molecular weight excluding hydrogens is 899 g/mol. The lowest BCUT2D eigenvalue weighted by atomic mass is 9.50. The predicted octanol–water partition coefficient (Wildman–Crippen LogP) is 6.00. The quantitative estimate of drug-likeness (QED) is 0.131. The van der Waals surface area contributed by atoms with Crippen molar-refractivity contribution in [2.75, 3.05) is 61.2 Å². The molecule has 17 heteroatoms. The number of nitrogens with one attached hydrogen (secondary N) is 1. The standard InChI is InChI=1S/C48H59Cl3N4O10/c1-8-26-16-27-20-46(43(58)62-6,38-31(23-54(21-26)22-27)30-17-29(10-11-34(30)52-38)41(57)64-24-47(49,50)51)33-18-32-35(19-36(33)61-5)53(4)42-45(32)13-15-55-14-12-28(9-2)37(39(45)55)40(65-25(3)56)48(42,60)44(59)63-7/h10-11,16-19,27-28,33,36-37,39-40,42,52,60H,8-9,12-15,20-24H2,1-7H3/t27-,28+,33?,36?,37?,39+,40-,42-,45-,46+,48-/m1/s1. The SMILES string of the molecule is CCC1=C[C@H]2CN(C1)Cc1c([nH]c3ccc(C(=O)OCC(Cl)(Cl)Cl)cc13)[C@@](C(=O)OC)(C1C=C3C(=CC1OC)N(C)[C@H]1[C@@](O)(C(=O)OC)[C@H](OC(C)=O)C4[C@@H](CC)CCN5CC[C@]31[C@H]45)C2. The molecule has 1 aromatic carbocycles. The van der Waals surface area contributed by atoms with E-state index in [0.29, 0.717) is 43.7 Å². The molecule has 9 rings (SSSR count). The molecular formula is C48H59Cl3N4O10. The molecule has 1 saturated carbocycles. The number of aliphatic hydroxyl groups is 1. The molecule has 4 unspecified atom stereocenters. The van der Waals surface area contributed by atoms with Crippen molar-refractivity contribution >= 4 is 69.6 Å². The number of allylic oxidation sites excluding steroid dienone is 1. The smallest absolute Gasteiger partial charge is 0.344 e. The number of benzene rings is 1. The Morgan fingerprint density at radius 2 is 1.75 bits per heavy atom. The molecule has 6 heterocycles. The average molecular weight is 958 g/mol. The van der Waals surface area contributed by atoms with Crippen LogP contribution in [0.1, 0.15) is 74.5 Å². The van der Waals surface area contributed by atoms with Crippen LogP contribution in [-0.4, -0.2) is 144 Å². The lowest BCUT2D eigenvalue weighted by molar-refractivity contribution is -0.238. The van der Waals surface area contributed by atoms with Gasteiger partial charge < -0.3 is 38.7 Å². The number of nitrogens with zero attached hydrogens (tertiary/aromatic N) is 3. The number of piperidine rings is 1. The highest BCUT2D eigenvalue weighted by Crippen LogP contribution is 2.68. The minimum Gasteiger partial charge on any atom is -0.468 e. The first kappa shape index (κ1) is 46.5. The number of halogens is 3. The summed E-state index contributed by atoms with van der Waals surface area (Å²) in [5.41, 5.74) is 0.907. The van der Waals surface area contributed by atoms with Crippen LogP contribution < -0.4 is 0 Å². The number of rotatable bonds is 9. The van der Waals surface area contributed by atoms with Crippen molar-refractivity contribution < 1.29 is 48.0 Å². The van der Waals surface area contributed by atoms with E-state index >= 15 is 4.79 Å². The third kappa shape index (κ3) is 7.00. The number of alkyl halides is 3. The van der Waals surface area contributed by atoms with Crippen LogP contribution in [-0.2, 0) is 50.0 Å². The third-order valence-corrected chi connectivity index (χ3v) is 16.5. The first-order chi connectivity index (χ1) is 30.9. The number of ether oxygens (including phenoxy) is 5. The number of aromatic nitrogens is 1. The van der Waals surface area contributed by atoms with Gasteiger partial charge in [0.15, 0.2) is 0 Å². The number of H-pyrrole nitrogens is 1. The largest absolute Gasteiger partial charge is 0.468 e. The Hall–Kier alpha value is -3.63. The number of hydrogen-bond donors (Lipinski definition) is 2. The summed E-state index contributed by atoms with van der Waals surface area (Å²) >= 11 is 17.8. The Morgan fingerprint density at radius 3 is 2.42 bits per heavy atom. The van der Waals surface area contributed by atoms with Crippen LogP contribution >= 0.6 is 34.8 Å². The molecule has 352 valence electrons. The summed E-state index contributed by atoms with van der Waals surface area (Å²) < 4.78 is 27.7. The molecule has 3 saturated heterocycles. The van der Waals surface area contributed by atoms with Gasteiger partial charge in [-0.25, -0.2) is 9.59 Å². The van der Waals surface area contributed by atoms with Crippen molar-refractivity contribution in [2.24, 2.45) is 29.1 Å². The molecule has 7 aliphatic rings. The number of fused-ring (bicyclic) bond motifs is 6. The van der Waals surface area contributed by atoms with Gasteiger partial charge in [0.25, 0.3) is 0 Å². The summed E-state index contributed by atoms with van der Waals surface area (Å²) in [6, 6.07) is 4.09.